The van der Waals surface area contributed by atoms with Crippen LogP contribution in [0.1, 0.15) is 47.8 Å². The maximum absolute atomic E-state index is 13.7. The van der Waals surface area contributed by atoms with Gasteiger partial charge < -0.3 is 53.3 Å². The van der Waals surface area contributed by atoms with E-state index in [0.717, 1.165) is 38.5 Å². The molecule has 1 aromatic rings. The van der Waals surface area contributed by atoms with Crippen LogP contribution in [0.25, 0.3) is 0 Å². The number of rotatable bonds is 13. The number of hydrogen-bond donors (Lipinski definition) is 2. The normalized spacial score (nSPS) is 26.6. The standard InChI is InChI=1S/C32H39F3N4O16/c1-13(40)36-21-8-9-39(30(46)37-21)27-26-24(54-31(5,6)55-26)20(53-27)12-49-17-10-18(28(44)47-7)52-25(22(17)38-29(45)32(33,34)35)23(51-16(4)43)19(50-15(3)42)11-48-14(2)41/h8-10,17,19-20,22-27H,11-12H2,1-7H3,(H,38,45)(H,36,37,40,46)/t17-,19-,20-,22-,23-,24-,25-,26-,27-/m1/s1. The molecule has 0 bridgehead atoms. The monoisotopic (exact) mass is 792 g/mol. The summed E-state index contributed by atoms with van der Waals surface area (Å²) in [5.41, 5.74) is -0.856. The summed E-state index contributed by atoms with van der Waals surface area (Å²) < 4.78 is 92.4. The van der Waals surface area contributed by atoms with Crippen molar-refractivity contribution < 1.29 is 84.6 Å². The maximum atomic E-state index is 13.7. The van der Waals surface area contributed by atoms with Crippen LogP contribution in [-0.4, -0.2) is 126 Å². The molecule has 304 valence electrons. The Morgan fingerprint density at radius 3 is 2.22 bits per heavy atom. The molecular weight excluding hydrogens is 753 g/mol. The molecule has 55 heavy (non-hydrogen) atoms. The number of hydrogen-bond acceptors (Lipinski definition) is 17. The molecule has 4 rings (SSSR count). The Kier molecular flexibility index (Phi) is 13.3. The number of carbonyl (C=O) groups is 6. The van der Waals surface area contributed by atoms with Crippen molar-refractivity contribution in [2.75, 3.05) is 25.6 Å². The number of ether oxygens (including phenoxy) is 9. The first-order chi connectivity index (χ1) is 25.6. The van der Waals surface area contributed by atoms with Gasteiger partial charge in [0.1, 0.15) is 36.8 Å². The molecule has 0 saturated carbocycles. The molecule has 0 unspecified atom stereocenters. The number of halogens is 3. The summed E-state index contributed by atoms with van der Waals surface area (Å²) in [6.07, 6.45) is -15.2. The van der Waals surface area contributed by atoms with E-state index in [0.29, 0.717) is 0 Å². The highest BCUT2D eigenvalue weighted by Gasteiger charge is 2.57. The third kappa shape index (κ3) is 10.8. The quantitative estimate of drug-likeness (QED) is 0.196. The van der Waals surface area contributed by atoms with Crippen LogP contribution in [0.4, 0.5) is 19.0 Å². The molecule has 9 atom stereocenters. The van der Waals surface area contributed by atoms with E-state index in [1.807, 2.05) is 0 Å². The van der Waals surface area contributed by atoms with Crippen LogP contribution in [0.15, 0.2) is 28.9 Å². The summed E-state index contributed by atoms with van der Waals surface area (Å²) in [4.78, 5) is 89.7. The van der Waals surface area contributed by atoms with Gasteiger partial charge in [-0.2, -0.15) is 18.2 Å². The lowest BCUT2D eigenvalue weighted by Crippen LogP contribution is -2.63. The number of nitrogens with one attached hydrogen (secondary N) is 2. The van der Waals surface area contributed by atoms with Gasteiger partial charge in [0.2, 0.25) is 11.7 Å². The summed E-state index contributed by atoms with van der Waals surface area (Å²) in [6, 6.07) is -0.675. The van der Waals surface area contributed by atoms with Gasteiger partial charge in [0.25, 0.3) is 0 Å². The average Bonchev–Trinajstić information content (AvgIpc) is 3.56. The van der Waals surface area contributed by atoms with Gasteiger partial charge in [-0.3, -0.25) is 28.5 Å². The van der Waals surface area contributed by atoms with Crippen molar-refractivity contribution in [1.82, 2.24) is 14.9 Å². The lowest BCUT2D eigenvalue weighted by molar-refractivity contribution is -0.208. The smallest absolute Gasteiger partial charge is 0.471 e. The number of esters is 4. The largest absolute Gasteiger partial charge is 0.477 e. The van der Waals surface area contributed by atoms with Gasteiger partial charge in [0, 0.05) is 33.9 Å². The zero-order chi connectivity index (χ0) is 41.0. The second kappa shape index (κ2) is 17.1. The summed E-state index contributed by atoms with van der Waals surface area (Å²) in [7, 11) is 0.951. The van der Waals surface area contributed by atoms with E-state index >= 15 is 0 Å². The summed E-state index contributed by atoms with van der Waals surface area (Å²) in [5.74, 6) is -9.15. The third-order valence-corrected chi connectivity index (χ3v) is 7.98. The number of fused-ring (bicyclic) bond motifs is 1. The van der Waals surface area contributed by atoms with Crippen molar-refractivity contribution in [2.45, 2.75) is 109 Å². The molecule has 3 aliphatic rings. The minimum Gasteiger partial charge on any atom is -0.477 e. The van der Waals surface area contributed by atoms with Crippen LogP contribution >= 0.6 is 0 Å². The fourth-order valence-corrected chi connectivity index (χ4v) is 5.97. The highest BCUT2D eigenvalue weighted by atomic mass is 19.4. The van der Waals surface area contributed by atoms with Crippen molar-refractivity contribution >= 4 is 41.5 Å². The van der Waals surface area contributed by atoms with Gasteiger partial charge in [-0.05, 0) is 26.0 Å². The molecule has 0 spiro atoms. The fraction of sp³-hybridized carbons (Fsp3) is 0.625. The molecule has 1 aromatic heterocycles. The molecule has 20 nitrogen and oxygen atoms in total. The second-order valence-corrected chi connectivity index (χ2v) is 12.7. The van der Waals surface area contributed by atoms with Crippen LogP contribution in [0.5, 0.6) is 0 Å². The van der Waals surface area contributed by atoms with Crippen LogP contribution < -0.4 is 16.3 Å². The Morgan fingerprint density at radius 2 is 1.65 bits per heavy atom. The van der Waals surface area contributed by atoms with Crippen LogP contribution in [0.3, 0.4) is 0 Å². The maximum Gasteiger partial charge on any atom is 0.471 e. The zero-order valence-electron chi connectivity index (χ0n) is 30.4. The number of anilines is 1. The Labute approximate surface area is 309 Å². The van der Waals surface area contributed by atoms with E-state index in [2.05, 4.69) is 10.3 Å². The van der Waals surface area contributed by atoms with E-state index < -0.39 is 127 Å². The average molecular weight is 793 g/mol. The van der Waals surface area contributed by atoms with Crippen molar-refractivity contribution in [1.29, 1.82) is 0 Å². The highest BCUT2D eigenvalue weighted by molar-refractivity contribution is 5.87. The molecule has 0 radical (unpaired) electrons. The van der Waals surface area contributed by atoms with Crippen molar-refractivity contribution in [3.63, 3.8) is 0 Å². The van der Waals surface area contributed by atoms with Crippen molar-refractivity contribution in [3.05, 3.63) is 34.6 Å². The van der Waals surface area contributed by atoms with E-state index in [1.54, 1.807) is 19.2 Å². The lowest BCUT2D eigenvalue weighted by Gasteiger charge is -2.42. The molecular formula is C32H39F3N4O16. The molecule has 2 N–H and O–H groups in total. The van der Waals surface area contributed by atoms with E-state index in [4.69, 9.17) is 42.6 Å². The first-order valence-electron chi connectivity index (χ1n) is 16.4. The Morgan fingerprint density at radius 1 is 1.00 bits per heavy atom. The fourth-order valence-electron chi connectivity index (χ4n) is 5.97. The Hall–Kier alpha value is -5.13. The number of methoxy groups -OCH3 is 1. The molecule has 0 aromatic carbocycles. The number of carbonyl (C=O) groups excluding carboxylic acids is 6. The number of amides is 2. The first-order valence-corrected chi connectivity index (χ1v) is 16.4. The number of aromatic nitrogens is 2. The van der Waals surface area contributed by atoms with E-state index in [9.17, 15) is 46.7 Å². The SMILES string of the molecule is COC(=O)C1=C[C@@H](OC[C@H]2O[C@@H](n3ccc(NC(C)=O)nc3=O)[C@@H]3OC(C)(C)O[C@@H]32)[C@@H](NC(=O)C(F)(F)F)[C@H]([C@H](OC(C)=O)[C@@H](COC(C)=O)OC(C)=O)O1. The number of nitrogens with zero attached hydrogens (tertiary/aromatic N) is 2. The van der Waals surface area contributed by atoms with Crippen molar-refractivity contribution in [3.8, 4) is 0 Å². The minimum absolute atomic E-state index is 0.0443. The molecule has 2 fully saturated rings. The topological polar surface area (TPSA) is 244 Å². The Bertz CT molecular complexity index is 1750. The second-order valence-electron chi connectivity index (χ2n) is 12.7. The molecule has 4 heterocycles. The molecule has 2 saturated heterocycles. The minimum atomic E-state index is -5.49. The van der Waals surface area contributed by atoms with Gasteiger partial charge in [-0.1, -0.05) is 0 Å². The van der Waals surface area contributed by atoms with Gasteiger partial charge in [0.15, 0.2) is 30.3 Å². The third-order valence-electron chi connectivity index (χ3n) is 7.98. The van der Waals surface area contributed by atoms with Gasteiger partial charge >= 0.3 is 41.7 Å². The van der Waals surface area contributed by atoms with Gasteiger partial charge in [-0.25, -0.2) is 9.59 Å². The first kappa shape index (κ1) is 42.6. The van der Waals surface area contributed by atoms with Gasteiger partial charge in [0.05, 0.1) is 19.8 Å². The lowest BCUT2D eigenvalue weighted by atomic mass is 9.93. The van der Waals surface area contributed by atoms with E-state index in [-0.39, 0.29) is 5.82 Å². The summed E-state index contributed by atoms with van der Waals surface area (Å²) >= 11 is 0. The summed E-state index contributed by atoms with van der Waals surface area (Å²) in [6.45, 7) is 5.78. The molecule has 2 amide bonds. The van der Waals surface area contributed by atoms with Crippen LogP contribution in [0, 0.1) is 0 Å². The molecule has 23 heteroatoms. The summed E-state index contributed by atoms with van der Waals surface area (Å²) in [5, 5.41) is 4.11. The zero-order valence-corrected chi connectivity index (χ0v) is 30.4. The van der Waals surface area contributed by atoms with Crippen LogP contribution in [0.2, 0.25) is 0 Å². The molecule has 3 aliphatic heterocycles. The Balaban J connectivity index is 1.75. The van der Waals surface area contributed by atoms with E-state index in [1.165, 1.54) is 19.2 Å². The van der Waals surface area contributed by atoms with Crippen molar-refractivity contribution in [2.24, 2.45) is 0 Å². The predicted molar refractivity (Wildman–Crippen MR) is 171 cm³/mol. The van der Waals surface area contributed by atoms with Crippen LogP contribution in [-0.2, 0) is 71.4 Å². The number of alkyl halides is 3. The predicted octanol–water partition coefficient (Wildman–Crippen LogP) is -0.0663. The van der Waals surface area contributed by atoms with Gasteiger partial charge in [-0.15, -0.1) is 0 Å². The molecule has 0 aliphatic carbocycles. The highest BCUT2D eigenvalue weighted by Crippen LogP contribution is 2.43.